The quantitative estimate of drug-likeness (QED) is 0.624. The summed E-state index contributed by atoms with van der Waals surface area (Å²) in [6, 6.07) is 2.82. The Hall–Kier alpha value is -3.23. The van der Waals surface area contributed by atoms with E-state index >= 15 is 0 Å². The Morgan fingerprint density at radius 2 is 2.07 bits per heavy atom. The van der Waals surface area contributed by atoms with Crippen LogP contribution in [0.4, 0.5) is 0 Å². The highest BCUT2D eigenvalue weighted by molar-refractivity contribution is 6.08. The molecule has 27 heavy (non-hydrogen) atoms. The van der Waals surface area contributed by atoms with Gasteiger partial charge in [-0.3, -0.25) is 24.5 Å². The number of fused-ring (bicyclic) bond motifs is 1. The summed E-state index contributed by atoms with van der Waals surface area (Å²) in [5.41, 5.74) is 0.955. The monoisotopic (exact) mass is 373 g/mol. The number of piperidine rings is 1. The summed E-state index contributed by atoms with van der Waals surface area (Å²) in [5, 5.41) is 13.8. The topological polar surface area (TPSA) is 133 Å². The summed E-state index contributed by atoms with van der Waals surface area (Å²) in [6.07, 6.45) is 0.584. The molecule has 0 aliphatic carbocycles. The van der Waals surface area contributed by atoms with Gasteiger partial charge in [0.05, 0.1) is 0 Å². The molecule has 3 N–H and O–H groups in total. The normalized spacial score (nSPS) is 20.1. The fraction of sp³-hybridized carbons (Fsp3) is 0.389. The lowest BCUT2D eigenvalue weighted by molar-refractivity contribution is -0.139. The number of amides is 4. The van der Waals surface area contributed by atoms with E-state index in [1.807, 2.05) is 0 Å². The molecule has 0 spiro atoms. The van der Waals surface area contributed by atoms with E-state index in [0.29, 0.717) is 11.1 Å². The zero-order valence-corrected chi connectivity index (χ0v) is 14.7. The number of carbonyl (C=O) groups is 5. The Kier molecular flexibility index (Phi) is 4.93. The first kappa shape index (κ1) is 18.6. The minimum Gasteiger partial charge on any atom is -0.480 e. The minimum atomic E-state index is -1.14. The van der Waals surface area contributed by atoms with Crippen molar-refractivity contribution in [3.63, 3.8) is 0 Å². The highest BCUT2D eigenvalue weighted by atomic mass is 16.4. The molecule has 2 atom stereocenters. The van der Waals surface area contributed by atoms with Gasteiger partial charge in [0.25, 0.3) is 11.8 Å². The minimum absolute atomic E-state index is 0.0495. The number of hydrogen-bond donors (Lipinski definition) is 3. The highest BCUT2D eigenvalue weighted by Gasteiger charge is 2.40. The molecule has 1 aromatic rings. The number of hydrogen-bond acceptors (Lipinski definition) is 5. The van der Waals surface area contributed by atoms with Crippen molar-refractivity contribution in [3.8, 4) is 0 Å². The van der Waals surface area contributed by atoms with Crippen LogP contribution in [-0.4, -0.2) is 51.7 Å². The summed E-state index contributed by atoms with van der Waals surface area (Å²) in [6.45, 7) is 1.69. The molecular weight excluding hydrogens is 354 g/mol. The molecule has 1 unspecified atom stereocenters. The van der Waals surface area contributed by atoms with Crippen molar-refractivity contribution in [2.45, 2.75) is 44.8 Å². The Bertz CT molecular complexity index is 849. The molecule has 2 heterocycles. The van der Waals surface area contributed by atoms with Crippen molar-refractivity contribution in [3.05, 3.63) is 34.9 Å². The van der Waals surface area contributed by atoms with Crippen molar-refractivity contribution >= 4 is 29.6 Å². The Morgan fingerprint density at radius 1 is 1.33 bits per heavy atom. The van der Waals surface area contributed by atoms with Crippen LogP contribution < -0.4 is 10.6 Å². The molecule has 4 amide bonds. The van der Waals surface area contributed by atoms with Crippen molar-refractivity contribution in [2.24, 2.45) is 0 Å². The summed E-state index contributed by atoms with van der Waals surface area (Å²) < 4.78 is 0. The van der Waals surface area contributed by atoms with E-state index in [1.165, 1.54) is 11.0 Å². The second-order valence-corrected chi connectivity index (χ2v) is 6.50. The van der Waals surface area contributed by atoms with E-state index in [4.69, 9.17) is 5.11 Å². The number of carbonyl (C=O) groups excluding carboxylic acids is 4. The molecule has 1 fully saturated rings. The van der Waals surface area contributed by atoms with Gasteiger partial charge in [0, 0.05) is 24.1 Å². The molecule has 1 saturated heterocycles. The average Bonchev–Trinajstić information content (AvgIpc) is 2.96. The maximum Gasteiger partial charge on any atom is 0.326 e. The van der Waals surface area contributed by atoms with Crippen molar-refractivity contribution < 1.29 is 29.1 Å². The molecule has 142 valence electrons. The zero-order chi connectivity index (χ0) is 19.7. The summed E-state index contributed by atoms with van der Waals surface area (Å²) in [5.74, 6) is -3.02. The predicted molar refractivity (Wildman–Crippen MR) is 91.7 cm³/mol. The third-order valence-corrected chi connectivity index (χ3v) is 4.84. The van der Waals surface area contributed by atoms with Gasteiger partial charge in [-0.15, -0.1) is 0 Å². The lowest BCUT2D eigenvalue weighted by Crippen LogP contribution is -2.52. The number of nitrogens with one attached hydrogen (secondary N) is 2. The molecule has 0 aromatic heterocycles. The first-order chi connectivity index (χ1) is 12.8. The molecule has 0 bridgehead atoms. The SMILES string of the molecule is CC[C@H](NC(=O)c1cccc2c1CN(C1CCC(=O)NC1=O)C2=O)C(=O)O. The summed E-state index contributed by atoms with van der Waals surface area (Å²) >= 11 is 0. The number of nitrogens with zero attached hydrogens (tertiary/aromatic N) is 1. The van der Waals surface area contributed by atoms with Gasteiger partial charge in [-0.05, 0) is 30.5 Å². The Labute approximate surface area is 154 Å². The molecule has 1 aromatic carbocycles. The van der Waals surface area contributed by atoms with Crippen LogP contribution in [0.3, 0.4) is 0 Å². The van der Waals surface area contributed by atoms with Gasteiger partial charge in [0.2, 0.25) is 11.8 Å². The molecule has 9 heteroatoms. The number of carboxylic acid groups (broad SMARTS) is 1. The standard InChI is InChI=1S/C18H19N3O6/c1-2-12(18(26)27)19-15(23)9-4-3-5-10-11(9)8-21(17(10)25)13-6-7-14(22)20-16(13)24/h3-5,12-13H,2,6-8H2,1H3,(H,19,23)(H,26,27)(H,20,22,24)/t12-,13?/m0/s1. The smallest absolute Gasteiger partial charge is 0.326 e. The third-order valence-electron chi connectivity index (χ3n) is 4.84. The van der Waals surface area contributed by atoms with Crippen LogP contribution in [0.25, 0.3) is 0 Å². The molecule has 0 radical (unpaired) electrons. The van der Waals surface area contributed by atoms with Crippen LogP contribution in [0, 0.1) is 0 Å². The van der Waals surface area contributed by atoms with Gasteiger partial charge in [-0.2, -0.15) is 0 Å². The van der Waals surface area contributed by atoms with Gasteiger partial charge in [0.15, 0.2) is 0 Å². The van der Waals surface area contributed by atoms with Gasteiger partial charge in [0.1, 0.15) is 12.1 Å². The number of aliphatic carboxylic acids is 1. The number of rotatable bonds is 5. The van der Waals surface area contributed by atoms with E-state index in [1.54, 1.807) is 19.1 Å². The van der Waals surface area contributed by atoms with Crippen molar-refractivity contribution in [2.75, 3.05) is 0 Å². The summed E-state index contributed by atoms with van der Waals surface area (Å²) in [7, 11) is 0. The first-order valence-corrected chi connectivity index (χ1v) is 8.63. The highest BCUT2D eigenvalue weighted by Crippen LogP contribution is 2.29. The number of benzene rings is 1. The fourth-order valence-corrected chi connectivity index (χ4v) is 3.37. The Morgan fingerprint density at radius 3 is 2.70 bits per heavy atom. The second-order valence-electron chi connectivity index (χ2n) is 6.50. The average molecular weight is 373 g/mol. The molecular formula is C18H19N3O6. The van der Waals surface area contributed by atoms with Gasteiger partial charge >= 0.3 is 5.97 Å². The second kappa shape index (κ2) is 7.18. The summed E-state index contributed by atoms with van der Waals surface area (Å²) in [4.78, 5) is 61.2. The molecule has 2 aliphatic heterocycles. The van der Waals surface area contributed by atoms with Crippen LogP contribution in [0.2, 0.25) is 0 Å². The van der Waals surface area contributed by atoms with Crippen molar-refractivity contribution in [1.82, 2.24) is 15.5 Å². The van der Waals surface area contributed by atoms with Crippen LogP contribution in [0.15, 0.2) is 18.2 Å². The maximum absolute atomic E-state index is 12.7. The molecule has 0 saturated carbocycles. The lowest BCUT2D eigenvalue weighted by Gasteiger charge is -2.29. The van der Waals surface area contributed by atoms with Gasteiger partial charge in [-0.25, -0.2) is 4.79 Å². The first-order valence-electron chi connectivity index (χ1n) is 8.63. The van der Waals surface area contributed by atoms with Crippen molar-refractivity contribution in [1.29, 1.82) is 0 Å². The van der Waals surface area contributed by atoms with E-state index < -0.39 is 29.9 Å². The van der Waals surface area contributed by atoms with E-state index in [9.17, 15) is 24.0 Å². The predicted octanol–water partition coefficient (Wildman–Crippen LogP) is 0.0406. The lowest BCUT2D eigenvalue weighted by atomic mass is 10.0. The Balaban J connectivity index is 1.85. The largest absolute Gasteiger partial charge is 0.480 e. The van der Waals surface area contributed by atoms with Crippen LogP contribution in [-0.2, 0) is 20.9 Å². The van der Waals surface area contributed by atoms with Crippen LogP contribution in [0.5, 0.6) is 0 Å². The van der Waals surface area contributed by atoms with Crippen LogP contribution in [0.1, 0.15) is 52.5 Å². The van der Waals surface area contributed by atoms with E-state index in [2.05, 4.69) is 10.6 Å². The fourth-order valence-electron chi connectivity index (χ4n) is 3.37. The van der Waals surface area contributed by atoms with Crippen LogP contribution >= 0.6 is 0 Å². The molecule has 2 aliphatic rings. The maximum atomic E-state index is 12.7. The number of imide groups is 1. The van der Waals surface area contributed by atoms with E-state index in [-0.39, 0.29) is 43.2 Å². The van der Waals surface area contributed by atoms with Gasteiger partial charge < -0.3 is 15.3 Å². The third kappa shape index (κ3) is 3.40. The molecule has 9 nitrogen and oxygen atoms in total. The van der Waals surface area contributed by atoms with E-state index in [0.717, 1.165) is 0 Å². The number of carboxylic acids is 1. The molecule has 3 rings (SSSR count). The van der Waals surface area contributed by atoms with Gasteiger partial charge in [-0.1, -0.05) is 13.0 Å². The zero-order valence-electron chi connectivity index (χ0n) is 14.7.